The molecule has 0 aliphatic carbocycles. The number of nitrogens with zero attached hydrogens (tertiary/aromatic N) is 1. The fraction of sp³-hybridized carbons (Fsp3) is 0.143. The molecule has 2 N–H and O–H groups in total. The standard InChI is InChI=1S/C21H17FN2O3/c1-13-16(11-23)18(15-9-5-6-10-17(15)22)19(20(24)27-13)21(25)26-12-14-7-3-2-4-8-14/h2-10,18H,12,24H2,1H3/t18-/m0/s1. The van der Waals surface area contributed by atoms with Crippen LogP contribution in [-0.2, 0) is 20.9 Å². The van der Waals surface area contributed by atoms with Crippen LogP contribution in [0.1, 0.15) is 24.0 Å². The number of allylic oxidation sites excluding steroid dienone is 2. The molecular weight excluding hydrogens is 347 g/mol. The summed E-state index contributed by atoms with van der Waals surface area (Å²) in [7, 11) is 0. The van der Waals surface area contributed by atoms with Crippen molar-refractivity contribution in [2.75, 3.05) is 0 Å². The van der Waals surface area contributed by atoms with Crippen molar-refractivity contribution in [3.63, 3.8) is 0 Å². The lowest BCUT2D eigenvalue weighted by atomic mass is 9.83. The Morgan fingerprint density at radius 2 is 1.89 bits per heavy atom. The summed E-state index contributed by atoms with van der Waals surface area (Å²) < 4.78 is 25.1. The van der Waals surface area contributed by atoms with E-state index in [1.54, 1.807) is 13.0 Å². The SMILES string of the molecule is CC1=C(C#N)[C@H](c2ccccc2F)C(C(=O)OCc2ccccc2)=C(N)O1. The van der Waals surface area contributed by atoms with Crippen LogP contribution in [0.25, 0.3) is 0 Å². The van der Waals surface area contributed by atoms with Crippen LogP contribution in [0, 0.1) is 17.1 Å². The molecule has 0 spiro atoms. The Balaban J connectivity index is 1.98. The first-order valence-corrected chi connectivity index (χ1v) is 8.26. The summed E-state index contributed by atoms with van der Waals surface area (Å²) in [4.78, 5) is 12.8. The van der Waals surface area contributed by atoms with E-state index in [1.807, 2.05) is 36.4 Å². The van der Waals surface area contributed by atoms with E-state index in [-0.39, 0.29) is 35.0 Å². The molecule has 1 aliphatic rings. The zero-order valence-electron chi connectivity index (χ0n) is 14.6. The predicted molar refractivity (Wildman–Crippen MR) is 96.0 cm³/mol. The number of hydrogen-bond acceptors (Lipinski definition) is 5. The van der Waals surface area contributed by atoms with E-state index in [0.717, 1.165) is 5.56 Å². The summed E-state index contributed by atoms with van der Waals surface area (Å²) in [5.41, 5.74) is 6.90. The molecule has 27 heavy (non-hydrogen) atoms. The van der Waals surface area contributed by atoms with Crippen molar-refractivity contribution >= 4 is 5.97 Å². The van der Waals surface area contributed by atoms with Crippen LogP contribution in [-0.4, -0.2) is 5.97 Å². The van der Waals surface area contributed by atoms with Crippen molar-refractivity contribution in [2.24, 2.45) is 5.73 Å². The third-order valence-corrected chi connectivity index (χ3v) is 4.25. The van der Waals surface area contributed by atoms with Gasteiger partial charge in [0, 0.05) is 5.56 Å². The van der Waals surface area contributed by atoms with E-state index in [9.17, 15) is 14.4 Å². The molecule has 2 aromatic rings. The Morgan fingerprint density at radius 1 is 1.22 bits per heavy atom. The molecule has 1 heterocycles. The molecule has 3 rings (SSSR count). The van der Waals surface area contributed by atoms with Gasteiger partial charge in [-0.25, -0.2) is 9.18 Å². The average Bonchev–Trinajstić information content (AvgIpc) is 2.67. The lowest BCUT2D eigenvalue weighted by Gasteiger charge is -2.27. The van der Waals surface area contributed by atoms with Crippen molar-refractivity contribution < 1.29 is 18.7 Å². The third-order valence-electron chi connectivity index (χ3n) is 4.25. The van der Waals surface area contributed by atoms with Crippen molar-refractivity contribution in [2.45, 2.75) is 19.4 Å². The van der Waals surface area contributed by atoms with Gasteiger partial charge in [-0.3, -0.25) is 0 Å². The summed E-state index contributed by atoms with van der Waals surface area (Å²) >= 11 is 0. The normalized spacial score (nSPS) is 16.6. The molecule has 1 aliphatic heterocycles. The minimum Gasteiger partial charge on any atom is -0.457 e. The smallest absolute Gasteiger partial charge is 0.340 e. The second-order valence-corrected chi connectivity index (χ2v) is 5.98. The lowest BCUT2D eigenvalue weighted by molar-refractivity contribution is -0.140. The Labute approximate surface area is 156 Å². The van der Waals surface area contributed by atoms with Gasteiger partial charge >= 0.3 is 5.97 Å². The van der Waals surface area contributed by atoms with Gasteiger partial charge in [-0.05, 0) is 18.6 Å². The topological polar surface area (TPSA) is 85.3 Å². The Hall–Kier alpha value is -3.59. The van der Waals surface area contributed by atoms with Crippen LogP contribution in [0.3, 0.4) is 0 Å². The molecule has 1 atom stereocenters. The molecule has 0 saturated carbocycles. The second kappa shape index (κ2) is 7.75. The Morgan fingerprint density at radius 3 is 2.56 bits per heavy atom. The number of ether oxygens (including phenoxy) is 2. The number of esters is 1. The first-order valence-electron chi connectivity index (χ1n) is 8.26. The van der Waals surface area contributed by atoms with E-state index in [4.69, 9.17) is 15.2 Å². The first kappa shape index (κ1) is 18.2. The maximum Gasteiger partial charge on any atom is 0.340 e. The maximum atomic E-state index is 14.4. The van der Waals surface area contributed by atoms with Crippen molar-refractivity contribution in [1.82, 2.24) is 0 Å². The number of hydrogen-bond donors (Lipinski definition) is 1. The van der Waals surface area contributed by atoms with Gasteiger partial charge in [-0.1, -0.05) is 48.5 Å². The minimum atomic E-state index is -0.992. The van der Waals surface area contributed by atoms with E-state index < -0.39 is 17.7 Å². The number of nitriles is 1. The number of carbonyl (C=O) groups excluding carboxylic acids is 1. The number of rotatable bonds is 4. The van der Waals surface area contributed by atoms with Gasteiger partial charge in [-0.2, -0.15) is 5.26 Å². The van der Waals surface area contributed by atoms with Crippen LogP contribution < -0.4 is 5.73 Å². The molecule has 0 bridgehead atoms. The molecule has 6 heteroatoms. The quantitative estimate of drug-likeness (QED) is 0.837. The van der Waals surface area contributed by atoms with Crippen LogP contribution in [0.2, 0.25) is 0 Å². The number of nitrogens with two attached hydrogens (primary N) is 1. The fourth-order valence-corrected chi connectivity index (χ4v) is 2.95. The van der Waals surface area contributed by atoms with Crippen LogP contribution >= 0.6 is 0 Å². The summed E-state index contributed by atoms with van der Waals surface area (Å²) in [5.74, 6) is -2.27. The predicted octanol–water partition coefficient (Wildman–Crippen LogP) is 3.65. The molecule has 0 saturated heterocycles. The monoisotopic (exact) mass is 364 g/mol. The molecule has 0 unspecified atom stereocenters. The van der Waals surface area contributed by atoms with Gasteiger partial charge < -0.3 is 15.2 Å². The summed E-state index contributed by atoms with van der Waals surface area (Å²) in [6.45, 7) is 1.57. The molecule has 0 aromatic heterocycles. The van der Waals surface area contributed by atoms with Crippen molar-refractivity contribution in [1.29, 1.82) is 5.26 Å². The summed E-state index contributed by atoms with van der Waals surface area (Å²) in [6.07, 6.45) is 0. The molecule has 5 nitrogen and oxygen atoms in total. The molecule has 0 amide bonds. The van der Waals surface area contributed by atoms with Gasteiger partial charge in [0.05, 0.1) is 17.6 Å². The zero-order chi connectivity index (χ0) is 19.4. The van der Waals surface area contributed by atoms with E-state index in [0.29, 0.717) is 0 Å². The average molecular weight is 364 g/mol. The largest absolute Gasteiger partial charge is 0.457 e. The highest BCUT2D eigenvalue weighted by Crippen LogP contribution is 2.40. The maximum absolute atomic E-state index is 14.4. The van der Waals surface area contributed by atoms with Gasteiger partial charge in [-0.15, -0.1) is 0 Å². The lowest BCUT2D eigenvalue weighted by Crippen LogP contribution is -2.26. The minimum absolute atomic E-state index is 0.0189. The molecule has 2 aromatic carbocycles. The second-order valence-electron chi connectivity index (χ2n) is 5.98. The zero-order valence-corrected chi connectivity index (χ0v) is 14.6. The molecule has 136 valence electrons. The van der Waals surface area contributed by atoms with Crippen molar-refractivity contribution in [3.8, 4) is 6.07 Å². The summed E-state index contributed by atoms with van der Waals surface area (Å²) in [6, 6.07) is 17.0. The highest BCUT2D eigenvalue weighted by Gasteiger charge is 2.37. The number of carbonyl (C=O) groups is 1. The number of benzene rings is 2. The number of halogens is 1. The molecule has 0 fully saturated rings. The first-order chi connectivity index (χ1) is 13.0. The van der Waals surface area contributed by atoms with E-state index in [2.05, 4.69) is 0 Å². The van der Waals surface area contributed by atoms with Gasteiger partial charge in [0.1, 0.15) is 23.8 Å². The third kappa shape index (κ3) is 3.67. The van der Waals surface area contributed by atoms with Gasteiger partial charge in [0.2, 0.25) is 5.88 Å². The van der Waals surface area contributed by atoms with Crippen LogP contribution in [0.4, 0.5) is 4.39 Å². The fourth-order valence-electron chi connectivity index (χ4n) is 2.95. The Bertz CT molecular complexity index is 974. The molecular formula is C21H17FN2O3. The van der Waals surface area contributed by atoms with E-state index >= 15 is 0 Å². The molecule has 0 radical (unpaired) electrons. The van der Waals surface area contributed by atoms with Crippen LogP contribution in [0.5, 0.6) is 0 Å². The van der Waals surface area contributed by atoms with Gasteiger partial charge in [0.25, 0.3) is 0 Å². The Kier molecular flexibility index (Phi) is 5.23. The highest BCUT2D eigenvalue weighted by molar-refractivity contribution is 5.92. The van der Waals surface area contributed by atoms with Crippen LogP contribution in [0.15, 0.2) is 77.4 Å². The van der Waals surface area contributed by atoms with Crippen molar-refractivity contribution in [3.05, 3.63) is 94.3 Å². The highest BCUT2D eigenvalue weighted by atomic mass is 19.1. The van der Waals surface area contributed by atoms with Gasteiger partial charge in [0.15, 0.2) is 0 Å². The summed E-state index contributed by atoms with van der Waals surface area (Å²) in [5, 5.41) is 9.55. The van der Waals surface area contributed by atoms with E-state index in [1.165, 1.54) is 18.2 Å².